The van der Waals surface area contributed by atoms with Crippen molar-refractivity contribution in [1.82, 2.24) is 29.7 Å². The lowest BCUT2D eigenvalue weighted by molar-refractivity contribution is 0.415. The number of halogens is 1. The van der Waals surface area contributed by atoms with Gasteiger partial charge in [-0.2, -0.15) is 15.2 Å². The van der Waals surface area contributed by atoms with E-state index >= 15 is 0 Å². The number of nitrogens with zero attached hydrogens (tertiary/aromatic N) is 6. The van der Waals surface area contributed by atoms with Crippen molar-refractivity contribution in [2.75, 3.05) is 0 Å². The van der Waals surface area contributed by atoms with Crippen molar-refractivity contribution in [1.29, 1.82) is 0 Å². The quantitative estimate of drug-likeness (QED) is 0.684. The van der Waals surface area contributed by atoms with Gasteiger partial charge in [0.1, 0.15) is 12.2 Å². The molecule has 0 fully saturated rings. The average Bonchev–Trinajstić information content (AvgIpc) is 3.11. The lowest BCUT2D eigenvalue weighted by atomic mass is 10.4. The molecule has 3 aromatic heterocycles. The number of hydrogen-bond donors (Lipinski definition) is 0. The van der Waals surface area contributed by atoms with E-state index in [1.54, 1.807) is 16.9 Å². The molecule has 0 aliphatic carbocycles. The molecule has 0 saturated carbocycles. The molecule has 8 nitrogen and oxygen atoms in total. The van der Waals surface area contributed by atoms with Crippen LogP contribution in [-0.4, -0.2) is 29.7 Å². The summed E-state index contributed by atoms with van der Waals surface area (Å²) >= 11 is 3.33. The third-order valence-electron chi connectivity index (χ3n) is 2.89. The van der Waals surface area contributed by atoms with Crippen molar-refractivity contribution in [2.24, 2.45) is 0 Å². The number of rotatable bonds is 5. The summed E-state index contributed by atoms with van der Waals surface area (Å²) in [6, 6.07) is 3.03. The molecule has 0 saturated heterocycles. The normalized spacial score (nSPS) is 11.0. The number of aryl methyl sites for hydroxylation is 1. The van der Waals surface area contributed by atoms with E-state index < -0.39 is 0 Å². The minimum Gasteiger partial charge on any atom is -0.332 e. The molecule has 0 N–H and O–H groups in total. The van der Waals surface area contributed by atoms with Crippen LogP contribution in [0.4, 0.5) is 0 Å². The van der Waals surface area contributed by atoms with Crippen LogP contribution in [0.3, 0.4) is 0 Å². The molecular weight excluding hydrogens is 352 g/mol. The predicted molar refractivity (Wildman–Crippen MR) is 81.1 cm³/mol. The minimum absolute atomic E-state index is 0.147. The van der Waals surface area contributed by atoms with Crippen LogP contribution >= 0.6 is 15.9 Å². The van der Waals surface area contributed by atoms with Crippen molar-refractivity contribution < 1.29 is 4.52 Å². The molecule has 0 amide bonds. The van der Waals surface area contributed by atoms with Gasteiger partial charge in [0, 0.05) is 18.8 Å². The van der Waals surface area contributed by atoms with Crippen LogP contribution < -0.4 is 5.56 Å². The fourth-order valence-electron chi connectivity index (χ4n) is 1.93. The summed E-state index contributed by atoms with van der Waals surface area (Å²) in [4.78, 5) is 15.9. The van der Waals surface area contributed by atoms with E-state index in [0.717, 1.165) is 10.9 Å². The second kappa shape index (κ2) is 6.22. The molecule has 3 rings (SSSR count). The fraction of sp³-hybridized carbons (Fsp3) is 0.308. The molecule has 0 spiro atoms. The van der Waals surface area contributed by atoms with Crippen LogP contribution in [0.15, 0.2) is 38.3 Å². The summed E-state index contributed by atoms with van der Waals surface area (Å²) in [5.74, 6) is 0.770. The van der Waals surface area contributed by atoms with Gasteiger partial charge in [-0.05, 0) is 28.4 Å². The smallest absolute Gasteiger partial charge is 0.278 e. The molecule has 0 atom stereocenters. The summed E-state index contributed by atoms with van der Waals surface area (Å²) in [5, 5.41) is 12.3. The maximum absolute atomic E-state index is 11.7. The Balaban J connectivity index is 1.84. The zero-order chi connectivity index (χ0) is 15.5. The first kappa shape index (κ1) is 14.6. The van der Waals surface area contributed by atoms with E-state index in [-0.39, 0.29) is 11.4 Å². The van der Waals surface area contributed by atoms with Gasteiger partial charge >= 0.3 is 0 Å². The molecule has 0 unspecified atom stereocenters. The molecule has 0 aliphatic rings. The first-order valence-electron chi connectivity index (χ1n) is 6.75. The van der Waals surface area contributed by atoms with Gasteiger partial charge in [-0.15, -0.1) is 0 Å². The molecule has 0 bridgehead atoms. The minimum atomic E-state index is -0.147. The van der Waals surface area contributed by atoms with Gasteiger partial charge in [0.05, 0.1) is 10.7 Å². The van der Waals surface area contributed by atoms with E-state index in [4.69, 9.17) is 4.52 Å². The number of hydrogen-bond acceptors (Lipinski definition) is 6. The zero-order valence-electron chi connectivity index (χ0n) is 11.8. The van der Waals surface area contributed by atoms with E-state index in [9.17, 15) is 4.79 Å². The summed E-state index contributed by atoms with van der Waals surface area (Å²) in [7, 11) is 0. The first-order valence-corrected chi connectivity index (χ1v) is 7.54. The third-order valence-corrected chi connectivity index (χ3v) is 3.30. The largest absolute Gasteiger partial charge is 0.332 e. The molecule has 0 aliphatic heterocycles. The maximum atomic E-state index is 11.7. The number of aromatic nitrogens is 6. The van der Waals surface area contributed by atoms with Gasteiger partial charge in [-0.25, -0.2) is 4.68 Å². The van der Waals surface area contributed by atoms with E-state index in [2.05, 4.69) is 36.3 Å². The molecule has 3 heterocycles. The Kier molecular flexibility index (Phi) is 4.14. The standard InChI is InChI=1S/C13H13BrN6O2/c1-2-5-20-12(21)4-3-10(17-20)13-16-11(18-22-13)8-19-7-9(14)6-15-19/h3-4,6-7H,2,5,8H2,1H3. The van der Waals surface area contributed by atoms with Crippen molar-refractivity contribution in [3.05, 3.63) is 45.2 Å². The molecule has 22 heavy (non-hydrogen) atoms. The highest BCUT2D eigenvalue weighted by atomic mass is 79.9. The van der Waals surface area contributed by atoms with Crippen LogP contribution in [0.2, 0.25) is 0 Å². The van der Waals surface area contributed by atoms with E-state index in [1.165, 1.54) is 10.7 Å². The Hall–Kier alpha value is -2.29. The fourth-order valence-corrected chi connectivity index (χ4v) is 2.25. The summed E-state index contributed by atoms with van der Waals surface area (Å²) in [6.07, 6.45) is 4.32. The Labute approximate surface area is 133 Å². The van der Waals surface area contributed by atoms with Gasteiger partial charge in [0.15, 0.2) is 5.82 Å². The summed E-state index contributed by atoms with van der Waals surface area (Å²) < 4.78 is 9.17. The topological polar surface area (TPSA) is 91.6 Å². The monoisotopic (exact) mass is 364 g/mol. The highest BCUT2D eigenvalue weighted by molar-refractivity contribution is 9.10. The van der Waals surface area contributed by atoms with Gasteiger partial charge in [-0.1, -0.05) is 12.1 Å². The van der Waals surface area contributed by atoms with Crippen LogP contribution in [0.1, 0.15) is 19.2 Å². The van der Waals surface area contributed by atoms with E-state index in [1.807, 2.05) is 13.1 Å². The maximum Gasteiger partial charge on any atom is 0.278 e. The first-order chi connectivity index (χ1) is 10.7. The van der Waals surface area contributed by atoms with Gasteiger partial charge in [0.25, 0.3) is 11.4 Å². The SMILES string of the molecule is CCCn1nc(-c2nc(Cn3cc(Br)cn3)no2)ccc1=O. The average molecular weight is 365 g/mol. The molecule has 9 heteroatoms. The van der Waals surface area contributed by atoms with Crippen LogP contribution in [0.5, 0.6) is 0 Å². The van der Waals surface area contributed by atoms with Crippen molar-refractivity contribution >= 4 is 15.9 Å². The predicted octanol–water partition coefficient (Wildman–Crippen LogP) is 1.71. The van der Waals surface area contributed by atoms with Gasteiger partial charge in [0.2, 0.25) is 0 Å². The zero-order valence-corrected chi connectivity index (χ0v) is 13.4. The summed E-state index contributed by atoms with van der Waals surface area (Å²) in [6.45, 7) is 2.92. The molecule has 3 aromatic rings. The van der Waals surface area contributed by atoms with Crippen LogP contribution in [0.25, 0.3) is 11.6 Å². The molecule has 0 radical (unpaired) electrons. The lowest BCUT2D eigenvalue weighted by Crippen LogP contribution is -2.22. The Bertz CT molecular complexity index is 837. The van der Waals surface area contributed by atoms with Gasteiger partial charge < -0.3 is 4.52 Å². The highest BCUT2D eigenvalue weighted by Crippen LogP contribution is 2.13. The van der Waals surface area contributed by atoms with Crippen LogP contribution in [-0.2, 0) is 13.1 Å². The van der Waals surface area contributed by atoms with Crippen molar-refractivity contribution in [3.8, 4) is 11.6 Å². The Morgan fingerprint density at radius 3 is 2.95 bits per heavy atom. The molecule has 114 valence electrons. The highest BCUT2D eigenvalue weighted by Gasteiger charge is 2.12. The van der Waals surface area contributed by atoms with Gasteiger partial charge in [-0.3, -0.25) is 9.48 Å². The Morgan fingerprint density at radius 2 is 2.23 bits per heavy atom. The second-order valence-corrected chi connectivity index (χ2v) is 5.57. The lowest BCUT2D eigenvalue weighted by Gasteiger charge is -2.02. The van der Waals surface area contributed by atoms with Crippen LogP contribution in [0, 0.1) is 0 Å². The summed E-state index contributed by atoms with van der Waals surface area (Å²) in [5.41, 5.74) is 0.333. The third kappa shape index (κ3) is 3.14. The van der Waals surface area contributed by atoms with Crippen molar-refractivity contribution in [2.45, 2.75) is 26.4 Å². The molecule has 0 aromatic carbocycles. The molecular formula is C13H13BrN6O2. The second-order valence-electron chi connectivity index (χ2n) is 4.65. The van der Waals surface area contributed by atoms with E-state index in [0.29, 0.717) is 24.6 Å². The Morgan fingerprint density at radius 1 is 1.36 bits per heavy atom. The van der Waals surface area contributed by atoms with Crippen molar-refractivity contribution in [3.63, 3.8) is 0 Å².